The summed E-state index contributed by atoms with van der Waals surface area (Å²) in [5.41, 5.74) is -0.867. The Hall–Kier alpha value is -3.36. The molecule has 1 heterocycles. The Labute approximate surface area is 194 Å². The summed E-state index contributed by atoms with van der Waals surface area (Å²) in [4.78, 5) is 45.3. The lowest BCUT2D eigenvalue weighted by atomic mass is 9.92. The Bertz CT molecular complexity index is 1090. The minimum absolute atomic E-state index is 0.0348. The molecule has 3 N–H and O–H groups in total. The summed E-state index contributed by atoms with van der Waals surface area (Å²) in [6.45, 7) is 12.3. The third-order valence-electron chi connectivity index (χ3n) is 5.12. The van der Waals surface area contributed by atoms with Crippen LogP contribution in [-0.4, -0.2) is 36.0 Å². The van der Waals surface area contributed by atoms with E-state index in [0.29, 0.717) is 11.5 Å². The first-order chi connectivity index (χ1) is 15.2. The number of nitrogens with one attached hydrogen (secondary N) is 3. The van der Waals surface area contributed by atoms with Gasteiger partial charge in [0.1, 0.15) is 5.82 Å². The van der Waals surface area contributed by atoms with E-state index in [2.05, 4.69) is 20.6 Å². The van der Waals surface area contributed by atoms with Gasteiger partial charge in [-0.25, -0.2) is 0 Å². The number of aromatic nitrogens is 2. The normalized spacial score (nSPS) is 12.6. The van der Waals surface area contributed by atoms with Gasteiger partial charge in [-0.15, -0.1) is 0 Å². The zero-order chi connectivity index (χ0) is 25.1. The average Bonchev–Trinajstić information content (AvgIpc) is 2.71. The first kappa shape index (κ1) is 25.9. The van der Waals surface area contributed by atoms with Crippen LogP contribution in [-0.2, 0) is 9.59 Å². The number of anilines is 2. The summed E-state index contributed by atoms with van der Waals surface area (Å²) >= 11 is 0. The van der Waals surface area contributed by atoms with E-state index in [-0.39, 0.29) is 29.1 Å². The number of amides is 2. The standard InChI is InChI=1S/C24H34N4O5/c1-13(14-10-11-15(32-8)16(12-14)33-9)17-18(25-20(30)23(2,3)4)26-22(27-19(17)29)28-21(31)24(5,6)7/h10-13H,1-9H3,(H3,25,26,27,28,29,30,31). The molecule has 0 saturated carbocycles. The Balaban J connectivity index is 2.61. The molecule has 1 aromatic carbocycles. The molecule has 33 heavy (non-hydrogen) atoms. The number of hydrogen-bond acceptors (Lipinski definition) is 6. The van der Waals surface area contributed by atoms with Crippen molar-refractivity contribution in [3.63, 3.8) is 0 Å². The molecule has 0 bridgehead atoms. The SMILES string of the molecule is COc1ccc(C(C)c2c(NC(=O)C(C)(C)C)nc(NC(=O)C(C)(C)C)[nH]c2=O)cc1OC. The second kappa shape index (κ2) is 9.64. The number of ether oxygens (including phenoxy) is 2. The molecular weight excluding hydrogens is 424 g/mol. The lowest BCUT2D eigenvalue weighted by Gasteiger charge is -2.22. The van der Waals surface area contributed by atoms with Gasteiger partial charge in [-0.1, -0.05) is 54.5 Å². The van der Waals surface area contributed by atoms with Gasteiger partial charge >= 0.3 is 0 Å². The maximum Gasteiger partial charge on any atom is 0.258 e. The van der Waals surface area contributed by atoms with Crippen LogP contribution < -0.4 is 25.7 Å². The topological polar surface area (TPSA) is 122 Å². The van der Waals surface area contributed by atoms with E-state index in [1.54, 1.807) is 60.8 Å². The van der Waals surface area contributed by atoms with Crippen molar-refractivity contribution in [3.05, 3.63) is 39.7 Å². The molecule has 1 aromatic heterocycles. The molecule has 1 atom stereocenters. The van der Waals surface area contributed by atoms with Gasteiger partial charge in [-0.2, -0.15) is 4.98 Å². The van der Waals surface area contributed by atoms with Gasteiger partial charge in [0, 0.05) is 16.7 Å². The van der Waals surface area contributed by atoms with Crippen LogP contribution in [0.2, 0.25) is 0 Å². The van der Waals surface area contributed by atoms with Crippen LogP contribution in [0.5, 0.6) is 11.5 Å². The van der Waals surface area contributed by atoms with Crippen molar-refractivity contribution in [3.8, 4) is 11.5 Å². The smallest absolute Gasteiger partial charge is 0.258 e. The van der Waals surface area contributed by atoms with E-state index < -0.39 is 22.3 Å². The monoisotopic (exact) mass is 458 g/mol. The number of nitrogens with zero attached hydrogens (tertiary/aromatic N) is 1. The van der Waals surface area contributed by atoms with Gasteiger partial charge in [-0.3, -0.25) is 24.7 Å². The van der Waals surface area contributed by atoms with Crippen molar-refractivity contribution < 1.29 is 19.1 Å². The highest BCUT2D eigenvalue weighted by Crippen LogP contribution is 2.34. The first-order valence-corrected chi connectivity index (χ1v) is 10.7. The van der Waals surface area contributed by atoms with Crippen molar-refractivity contribution in [2.45, 2.75) is 54.4 Å². The number of aromatic amines is 1. The summed E-state index contributed by atoms with van der Waals surface area (Å²) in [5.74, 6) is 0.0395. The minimum atomic E-state index is -0.719. The van der Waals surface area contributed by atoms with Crippen LogP contribution >= 0.6 is 0 Å². The van der Waals surface area contributed by atoms with Gasteiger partial charge in [0.2, 0.25) is 17.8 Å². The van der Waals surface area contributed by atoms with E-state index >= 15 is 0 Å². The molecule has 2 amide bonds. The maximum atomic E-state index is 13.2. The molecule has 180 valence electrons. The Morgan fingerprint density at radius 3 is 2.00 bits per heavy atom. The lowest BCUT2D eigenvalue weighted by molar-refractivity contribution is -0.123. The average molecular weight is 459 g/mol. The number of benzene rings is 1. The summed E-state index contributed by atoms with van der Waals surface area (Å²) in [7, 11) is 3.07. The van der Waals surface area contributed by atoms with Crippen LogP contribution in [0.15, 0.2) is 23.0 Å². The molecule has 0 fully saturated rings. The molecule has 0 aliphatic heterocycles. The number of H-pyrrole nitrogens is 1. The van der Waals surface area contributed by atoms with E-state index in [9.17, 15) is 14.4 Å². The van der Waals surface area contributed by atoms with Gasteiger partial charge in [0.15, 0.2) is 11.5 Å². The highest BCUT2D eigenvalue weighted by atomic mass is 16.5. The molecule has 0 aliphatic rings. The van der Waals surface area contributed by atoms with Crippen molar-refractivity contribution in [1.82, 2.24) is 9.97 Å². The predicted octanol–water partition coefficient (Wildman–Crippen LogP) is 3.91. The number of carbonyl (C=O) groups is 2. The highest BCUT2D eigenvalue weighted by Gasteiger charge is 2.28. The van der Waals surface area contributed by atoms with Crippen molar-refractivity contribution >= 4 is 23.6 Å². The highest BCUT2D eigenvalue weighted by molar-refractivity contribution is 5.95. The Morgan fingerprint density at radius 1 is 0.939 bits per heavy atom. The molecule has 0 radical (unpaired) electrons. The van der Waals surface area contributed by atoms with Crippen LogP contribution in [0.4, 0.5) is 11.8 Å². The van der Waals surface area contributed by atoms with E-state index in [1.165, 1.54) is 7.11 Å². The largest absolute Gasteiger partial charge is 0.493 e. The Morgan fingerprint density at radius 2 is 1.48 bits per heavy atom. The summed E-state index contributed by atoms with van der Waals surface area (Å²) in [5, 5.41) is 5.39. The molecule has 2 rings (SSSR count). The molecule has 9 nitrogen and oxygen atoms in total. The van der Waals surface area contributed by atoms with E-state index in [1.807, 2.05) is 13.0 Å². The predicted molar refractivity (Wildman–Crippen MR) is 128 cm³/mol. The van der Waals surface area contributed by atoms with Crippen LogP contribution in [0, 0.1) is 10.8 Å². The lowest BCUT2D eigenvalue weighted by Crippen LogP contribution is -2.33. The number of rotatable bonds is 6. The van der Waals surface area contributed by atoms with E-state index in [0.717, 1.165) is 5.56 Å². The van der Waals surface area contributed by atoms with Crippen molar-refractivity contribution in [2.75, 3.05) is 24.9 Å². The van der Waals surface area contributed by atoms with Crippen LogP contribution in [0.3, 0.4) is 0 Å². The zero-order valence-electron chi connectivity index (χ0n) is 20.8. The number of hydrogen-bond donors (Lipinski definition) is 3. The molecule has 0 spiro atoms. The number of methoxy groups -OCH3 is 2. The Kier molecular flexibility index (Phi) is 7.57. The molecule has 9 heteroatoms. The van der Waals surface area contributed by atoms with Crippen molar-refractivity contribution in [1.29, 1.82) is 0 Å². The van der Waals surface area contributed by atoms with Crippen LogP contribution in [0.25, 0.3) is 0 Å². The van der Waals surface area contributed by atoms with Crippen molar-refractivity contribution in [2.24, 2.45) is 10.8 Å². The second-order valence-electron chi connectivity index (χ2n) is 9.92. The molecular formula is C24H34N4O5. The first-order valence-electron chi connectivity index (χ1n) is 10.7. The van der Waals surface area contributed by atoms with Gasteiger partial charge in [0.25, 0.3) is 5.56 Å². The maximum absolute atomic E-state index is 13.2. The zero-order valence-corrected chi connectivity index (χ0v) is 20.8. The quantitative estimate of drug-likeness (QED) is 0.603. The number of carbonyl (C=O) groups excluding carboxylic acids is 2. The summed E-state index contributed by atoms with van der Waals surface area (Å²) < 4.78 is 10.7. The minimum Gasteiger partial charge on any atom is -0.493 e. The third-order valence-corrected chi connectivity index (χ3v) is 5.12. The third kappa shape index (κ3) is 6.12. The fourth-order valence-corrected chi connectivity index (χ4v) is 2.92. The molecule has 0 saturated heterocycles. The fraction of sp³-hybridized carbons (Fsp3) is 0.500. The van der Waals surface area contributed by atoms with Gasteiger partial charge < -0.3 is 14.8 Å². The molecule has 1 unspecified atom stereocenters. The fourth-order valence-electron chi connectivity index (χ4n) is 2.92. The summed E-state index contributed by atoms with van der Waals surface area (Å²) in [6.07, 6.45) is 0. The second-order valence-corrected chi connectivity index (χ2v) is 9.92. The molecule has 2 aromatic rings. The summed E-state index contributed by atoms with van der Waals surface area (Å²) in [6, 6.07) is 5.33. The molecule has 0 aliphatic carbocycles. The van der Waals surface area contributed by atoms with Gasteiger partial charge in [0.05, 0.1) is 19.8 Å². The van der Waals surface area contributed by atoms with E-state index in [4.69, 9.17) is 9.47 Å². The van der Waals surface area contributed by atoms with Crippen LogP contribution in [0.1, 0.15) is 65.5 Å². The van der Waals surface area contributed by atoms with Gasteiger partial charge in [-0.05, 0) is 17.7 Å².